The van der Waals surface area contributed by atoms with Gasteiger partial charge in [0.25, 0.3) is 5.69 Å². The van der Waals surface area contributed by atoms with E-state index >= 15 is 0 Å². The summed E-state index contributed by atoms with van der Waals surface area (Å²) in [5.41, 5.74) is 2.06. The van der Waals surface area contributed by atoms with Crippen LogP contribution in [-0.4, -0.2) is 43.3 Å². The molecule has 2 aromatic heterocycles. The maximum Gasteiger partial charge on any atom is 0.292 e. The van der Waals surface area contributed by atoms with Crippen molar-refractivity contribution in [3.8, 4) is 0 Å². The van der Waals surface area contributed by atoms with Gasteiger partial charge in [-0.25, -0.2) is 0 Å². The van der Waals surface area contributed by atoms with Crippen LogP contribution in [0.25, 0.3) is 5.65 Å². The smallest absolute Gasteiger partial charge is 0.292 e. The highest BCUT2D eigenvalue weighted by Gasteiger charge is 2.12. The summed E-state index contributed by atoms with van der Waals surface area (Å²) in [5, 5.41) is 32.5. The Morgan fingerprint density at radius 3 is 2.88 bits per heavy atom. The minimum absolute atomic E-state index is 0.0914. The molecule has 1 aromatic carbocycles. The van der Waals surface area contributed by atoms with Gasteiger partial charge in [-0.05, 0) is 47.5 Å². The number of anilines is 2. The molecule has 24 heavy (non-hydrogen) atoms. The van der Waals surface area contributed by atoms with Gasteiger partial charge in [-0.15, -0.1) is 14.8 Å². The molecule has 0 saturated carbocycles. The van der Waals surface area contributed by atoms with Gasteiger partial charge in [0, 0.05) is 19.2 Å². The van der Waals surface area contributed by atoms with Gasteiger partial charge in [0.1, 0.15) is 11.5 Å². The molecule has 0 spiro atoms. The SMILES string of the molecule is Cc1ccc(NCCCNc2ccc3nnnn3n2)c([N+](=O)[O-])c1. The molecule has 0 fully saturated rings. The van der Waals surface area contributed by atoms with Crippen molar-refractivity contribution in [2.45, 2.75) is 13.3 Å². The lowest BCUT2D eigenvalue weighted by Gasteiger charge is -2.08. The first-order valence-corrected chi connectivity index (χ1v) is 7.42. The van der Waals surface area contributed by atoms with Gasteiger partial charge >= 0.3 is 0 Å². The molecule has 0 radical (unpaired) electrons. The Balaban J connectivity index is 1.49. The van der Waals surface area contributed by atoms with E-state index in [-0.39, 0.29) is 10.6 Å². The normalized spacial score (nSPS) is 10.7. The minimum atomic E-state index is -0.376. The van der Waals surface area contributed by atoms with Crippen LogP contribution in [0.1, 0.15) is 12.0 Å². The first-order valence-electron chi connectivity index (χ1n) is 7.42. The highest BCUT2D eigenvalue weighted by atomic mass is 16.6. The first-order chi connectivity index (χ1) is 11.6. The Bertz CT molecular complexity index is 863. The first kappa shape index (κ1) is 15.6. The zero-order valence-corrected chi connectivity index (χ0v) is 13.0. The average Bonchev–Trinajstić information content (AvgIpc) is 3.03. The predicted molar refractivity (Wildman–Crippen MR) is 88.0 cm³/mol. The van der Waals surface area contributed by atoms with Crippen molar-refractivity contribution in [1.29, 1.82) is 0 Å². The van der Waals surface area contributed by atoms with Gasteiger partial charge in [0.2, 0.25) is 0 Å². The van der Waals surface area contributed by atoms with Gasteiger partial charge in [-0.2, -0.15) is 0 Å². The van der Waals surface area contributed by atoms with Crippen LogP contribution in [0, 0.1) is 17.0 Å². The molecule has 3 rings (SSSR count). The number of hydrogen-bond donors (Lipinski definition) is 2. The van der Waals surface area contributed by atoms with E-state index in [9.17, 15) is 10.1 Å². The third-order valence-corrected chi connectivity index (χ3v) is 3.39. The molecule has 0 atom stereocenters. The Kier molecular flexibility index (Phi) is 4.45. The zero-order valence-electron chi connectivity index (χ0n) is 13.0. The van der Waals surface area contributed by atoms with Crippen LogP contribution in [0.3, 0.4) is 0 Å². The second-order valence-corrected chi connectivity index (χ2v) is 5.23. The molecule has 0 bridgehead atoms. The second kappa shape index (κ2) is 6.86. The standard InChI is InChI=1S/C14H16N8O2/c1-10-3-4-11(12(9-10)22(23)24)15-7-2-8-16-13-5-6-14-17-19-20-21(14)18-13/h3-6,9,15H,2,7-8H2,1H3,(H,16,18). The third kappa shape index (κ3) is 3.54. The predicted octanol–water partition coefficient (Wildman–Crippen LogP) is 1.65. The van der Waals surface area contributed by atoms with Gasteiger partial charge < -0.3 is 10.6 Å². The Hall–Kier alpha value is -3.30. The van der Waals surface area contributed by atoms with Crippen LogP contribution >= 0.6 is 0 Å². The van der Waals surface area contributed by atoms with Crippen LogP contribution in [0.5, 0.6) is 0 Å². The third-order valence-electron chi connectivity index (χ3n) is 3.39. The van der Waals surface area contributed by atoms with Crippen molar-refractivity contribution in [3.05, 3.63) is 46.0 Å². The molecule has 3 aromatic rings. The summed E-state index contributed by atoms with van der Waals surface area (Å²) >= 11 is 0. The fourth-order valence-electron chi connectivity index (χ4n) is 2.21. The number of hydrogen-bond acceptors (Lipinski definition) is 8. The number of nitro groups is 1. The van der Waals surface area contributed by atoms with Crippen molar-refractivity contribution in [2.75, 3.05) is 23.7 Å². The molecule has 0 saturated heterocycles. The summed E-state index contributed by atoms with van der Waals surface area (Å²) in [4.78, 5) is 10.7. The molecule has 0 aliphatic heterocycles. The fraction of sp³-hybridized carbons (Fsp3) is 0.286. The molecule has 2 heterocycles. The Morgan fingerprint density at radius 1 is 1.21 bits per heavy atom. The highest BCUT2D eigenvalue weighted by molar-refractivity contribution is 5.62. The largest absolute Gasteiger partial charge is 0.379 e. The summed E-state index contributed by atoms with van der Waals surface area (Å²) in [6.45, 7) is 3.09. The van der Waals surface area contributed by atoms with Crippen molar-refractivity contribution < 1.29 is 4.92 Å². The van der Waals surface area contributed by atoms with Crippen LogP contribution in [-0.2, 0) is 0 Å². The number of fused-ring (bicyclic) bond motifs is 1. The number of rotatable bonds is 7. The molecule has 0 amide bonds. The van der Waals surface area contributed by atoms with Crippen molar-refractivity contribution in [1.82, 2.24) is 25.3 Å². The number of nitrogens with zero attached hydrogens (tertiary/aromatic N) is 6. The molecule has 0 unspecified atom stereocenters. The highest BCUT2D eigenvalue weighted by Crippen LogP contribution is 2.25. The average molecular weight is 328 g/mol. The van der Waals surface area contributed by atoms with Gasteiger partial charge in [-0.1, -0.05) is 6.07 Å². The number of benzene rings is 1. The van der Waals surface area contributed by atoms with Crippen molar-refractivity contribution in [2.24, 2.45) is 0 Å². The lowest BCUT2D eigenvalue weighted by atomic mass is 10.2. The van der Waals surface area contributed by atoms with Crippen molar-refractivity contribution >= 4 is 22.8 Å². The second-order valence-electron chi connectivity index (χ2n) is 5.23. The van der Waals surface area contributed by atoms with Crippen LogP contribution in [0.2, 0.25) is 0 Å². The van der Waals surface area contributed by atoms with Gasteiger partial charge in [-0.3, -0.25) is 10.1 Å². The van der Waals surface area contributed by atoms with E-state index < -0.39 is 0 Å². The lowest BCUT2D eigenvalue weighted by Crippen LogP contribution is -2.11. The number of nitrogens with one attached hydrogen (secondary N) is 2. The Morgan fingerprint density at radius 2 is 2.04 bits per heavy atom. The summed E-state index contributed by atoms with van der Waals surface area (Å²) in [7, 11) is 0. The monoisotopic (exact) mass is 328 g/mol. The maximum absolute atomic E-state index is 11.1. The molecular formula is C14H16N8O2. The topological polar surface area (TPSA) is 123 Å². The van der Waals surface area contributed by atoms with E-state index in [1.165, 1.54) is 4.63 Å². The molecule has 0 aliphatic rings. The van der Waals surface area contributed by atoms with E-state index in [1.54, 1.807) is 24.3 Å². The van der Waals surface area contributed by atoms with Gasteiger partial charge in [0.05, 0.1) is 4.92 Å². The molecule has 2 N–H and O–H groups in total. The van der Waals surface area contributed by atoms with Gasteiger partial charge in [0.15, 0.2) is 5.65 Å². The molecule has 124 valence electrons. The molecule has 10 heteroatoms. The number of aromatic nitrogens is 5. The Labute approximate surface area is 137 Å². The summed E-state index contributed by atoms with van der Waals surface area (Å²) < 4.78 is 1.34. The van der Waals surface area contributed by atoms with Crippen LogP contribution < -0.4 is 10.6 Å². The molecule has 10 nitrogen and oxygen atoms in total. The van der Waals surface area contributed by atoms with E-state index in [1.807, 2.05) is 13.0 Å². The van der Waals surface area contributed by atoms with E-state index in [2.05, 4.69) is 31.3 Å². The maximum atomic E-state index is 11.1. The summed E-state index contributed by atoms with van der Waals surface area (Å²) in [6, 6.07) is 8.70. The summed E-state index contributed by atoms with van der Waals surface area (Å²) in [5.74, 6) is 0.663. The number of aryl methyl sites for hydroxylation is 1. The quantitative estimate of drug-likeness (QED) is 0.381. The van der Waals surface area contributed by atoms with E-state index in [4.69, 9.17) is 0 Å². The summed E-state index contributed by atoms with van der Waals surface area (Å²) in [6.07, 6.45) is 0.764. The van der Waals surface area contributed by atoms with Crippen LogP contribution in [0.4, 0.5) is 17.2 Å². The molecule has 0 aliphatic carbocycles. The minimum Gasteiger partial charge on any atom is -0.379 e. The zero-order chi connectivity index (χ0) is 16.9. The van der Waals surface area contributed by atoms with E-state index in [0.717, 1.165) is 12.0 Å². The van der Waals surface area contributed by atoms with Crippen molar-refractivity contribution in [3.63, 3.8) is 0 Å². The molecular weight excluding hydrogens is 312 g/mol. The van der Waals surface area contributed by atoms with E-state index in [0.29, 0.717) is 30.2 Å². The number of tetrazole rings is 1. The number of nitro benzene ring substituents is 1. The fourth-order valence-corrected chi connectivity index (χ4v) is 2.21. The lowest BCUT2D eigenvalue weighted by molar-refractivity contribution is -0.384. The van der Waals surface area contributed by atoms with Crippen LogP contribution in [0.15, 0.2) is 30.3 Å².